The van der Waals surface area contributed by atoms with Gasteiger partial charge in [-0.1, -0.05) is 0 Å². The molecule has 1 heterocycles. The van der Waals surface area contributed by atoms with Gasteiger partial charge in [-0.05, 0) is 0 Å². The van der Waals surface area contributed by atoms with Gasteiger partial charge >= 0.3 is 17.9 Å². The van der Waals surface area contributed by atoms with Crippen molar-refractivity contribution in [2.24, 2.45) is 5.73 Å². The number of nitrogens with two attached hydrogens (primary N) is 1. The lowest BCUT2D eigenvalue weighted by Crippen LogP contribution is -2.67. The van der Waals surface area contributed by atoms with Gasteiger partial charge < -0.3 is 30.0 Å². The lowest BCUT2D eigenvalue weighted by molar-refractivity contribution is -0.262. The van der Waals surface area contributed by atoms with Crippen molar-refractivity contribution in [1.29, 1.82) is 0 Å². The molecule has 0 aromatic heterocycles. The Morgan fingerprint density at radius 3 is 1.83 bits per heavy atom. The molecule has 1 rings (SSSR count). The van der Waals surface area contributed by atoms with Crippen LogP contribution in [-0.4, -0.2) is 61.0 Å². The Bertz CT molecular complexity index is 509. The number of amides is 1. The smallest absolute Gasteiger partial charge is 0.305 e. The van der Waals surface area contributed by atoms with Gasteiger partial charge in [0.25, 0.3) is 0 Å². The van der Waals surface area contributed by atoms with Crippen LogP contribution in [0.1, 0.15) is 27.7 Å². The van der Waals surface area contributed by atoms with Crippen molar-refractivity contribution in [3.63, 3.8) is 0 Å². The first kappa shape index (κ1) is 19.8. The van der Waals surface area contributed by atoms with Crippen molar-refractivity contribution in [3.8, 4) is 0 Å². The van der Waals surface area contributed by atoms with E-state index in [4.69, 9.17) is 24.7 Å². The molecule has 0 spiro atoms. The van der Waals surface area contributed by atoms with E-state index in [1.54, 1.807) is 0 Å². The minimum Gasteiger partial charge on any atom is -0.456 e. The molecule has 0 radical (unpaired) electrons. The molecule has 1 aliphatic rings. The van der Waals surface area contributed by atoms with E-state index in [-0.39, 0.29) is 6.54 Å². The van der Waals surface area contributed by atoms with Crippen molar-refractivity contribution >= 4 is 23.8 Å². The number of hydrogen-bond acceptors (Lipinski definition) is 9. The number of carbonyl (C=O) groups is 4. The van der Waals surface area contributed by atoms with Crippen molar-refractivity contribution < 1.29 is 38.1 Å². The van der Waals surface area contributed by atoms with Gasteiger partial charge in [0.05, 0.1) is 0 Å². The first-order chi connectivity index (χ1) is 11.1. The molecule has 2 unspecified atom stereocenters. The molecule has 10 nitrogen and oxygen atoms in total. The summed E-state index contributed by atoms with van der Waals surface area (Å²) >= 11 is 0. The molecule has 0 saturated carbocycles. The Morgan fingerprint density at radius 2 is 1.42 bits per heavy atom. The normalized spacial score (nSPS) is 29.3. The average molecular weight is 346 g/mol. The van der Waals surface area contributed by atoms with E-state index in [1.807, 2.05) is 0 Å². The lowest BCUT2D eigenvalue weighted by atomic mass is 9.95. The van der Waals surface area contributed by atoms with Gasteiger partial charge in [-0.15, -0.1) is 0 Å². The predicted octanol–water partition coefficient (Wildman–Crippen LogP) is -1.40. The van der Waals surface area contributed by atoms with Crippen LogP contribution in [-0.2, 0) is 38.1 Å². The highest BCUT2D eigenvalue weighted by atomic mass is 16.7. The predicted molar refractivity (Wildman–Crippen MR) is 78.2 cm³/mol. The fourth-order valence-corrected chi connectivity index (χ4v) is 2.41. The summed E-state index contributed by atoms with van der Waals surface area (Å²) in [5.41, 5.74) is 5.62. The van der Waals surface area contributed by atoms with E-state index in [9.17, 15) is 19.2 Å². The maximum absolute atomic E-state index is 11.5. The molecule has 3 N–H and O–H groups in total. The van der Waals surface area contributed by atoms with Crippen LogP contribution in [0.15, 0.2) is 0 Å². The summed E-state index contributed by atoms with van der Waals surface area (Å²) in [4.78, 5) is 45.6. The number of nitrogens with one attached hydrogen (secondary N) is 1. The zero-order valence-electron chi connectivity index (χ0n) is 13.9. The van der Waals surface area contributed by atoms with Gasteiger partial charge in [0.2, 0.25) is 12.2 Å². The van der Waals surface area contributed by atoms with Crippen LogP contribution in [0.25, 0.3) is 0 Å². The van der Waals surface area contributed by atoms with Crippen molar-refractivity contribution in [2.75, 3.05) is 6.54 Å². The molecule has 1 saturated heterocycles. The second kappa shape index (κ2) is 8.60. The van der Waals surface area contributed by atoms with Crippen molar-refractivity contribution in [1.82, 2.24) is 5.32 Å². The second-order valence-corrected chi connectivity index (χ2v) is 5.26. The number of carbonyl (C=O) groups excluding carboxylic acids is 4. The summed E-state index contributed by atoms with van der Waals surface area (Å²) in [5, 5.41) is 2.49. The monoisotopic (exact) mass is 346 g/mol. The molecule has 1 amide bonds. The fraction of sp³-hybridized carbons (Fsp3) is 0.714. The second-order valence-electron chi connectivity index (χ2n) is 5.26. The standard InChI is InChI=1S/C14H22N2O8/c1-6(17)16-11-13(22-8(3)19)12(21-7(2)18)10(5-15)24-14(11)23-9(4)20/h10-14H,5,15H2,1-4H3,(H,16,17)/t10?,11-,12+,13?,14+/m0/s1. The maximum atomic E-state index is 11.5. The molecule has 5 atom stereocenters. The summed E-state index contributed by atoms with van der Waals surface area (Å²) in [6, 6.07) is -1.07. The van der Waals surface area contributed by atoms with E-state index in [0.29, 0.717) is 0 Å². The van der Waals surface area contributed by atoms with Gasteiger partial charge in [0.1, 0.15) is 12.1 Å². The largest absolute Gasteiger partial charge is 0.456 e. The molecular weight excluding hydrogens is 324 g/mol. The van der Waals surface area contributed by atoms with Crippen LogP contribution in [0.4, 0.5) is 0 Å². The molecule has 1 aliphatic heterocycles. The van der Waals surface area contributed by atoms with E-state index in [0.717, 1.165) is 13.8 Å². The fourth-order valence-electron chi connectivity index (χ4n) is 2.41. The molecule has 1 fully saturated rings. The first-order valence-corrected chi connectivity index (χ1v) is 7.30. The highest BCUT2D eigenvalue weighted by Crippen LogP contribution is 2.27. The van der Waals surface area contributed by atoms with Crippen molar-refractivity contribution in [2.45, 2.75) is 58.3 Å². The Hall–Kier alpha value is -2.20. The third-order valence-electron chi connectivity index (χ3n) is 3.13. The van der Waals surface area contributed by atoms with Gasteiger partial charge in [-0.2, -0.15) is 0 Å². The minimum absolute atomic E-state index is 0.0970. The molecule has 0 aromatic carbocycles. The first-order valence-electron chi connectivity index (χ1n) is 7.30. The Labute approximate surface area is 138 Å². The quantitative estimate of drug-likeness (QED) is 0.454. The SMILES string of the molecule is CC(=O)N[C@H]1C(OC(C)=O)[C@H](OC(C)=O)C(CN)O[C@H]1OC(C)=O. The third kappa shape index (κ3) is 5.46. The van der Waals surface area contributed by atoms with Crippen molar-refractivity contribution in [3.05, 3.63) is 0 Å². The molecule has 0 bridgehead atoms. The molecular formula is C14H22N2O8. The van der Waals surface area contributed by atoms with E-state index >= 15 is 0 Å². The maximum Gasteiger partial charge on any atom is 0.305 e. The Balaban J connectivity index is 3.23. The highest BCUT2D eigenvalue weighted by molar-refractivity contribution is 5.74. The van der Waals surface area contributed by atoms with Gasteiger partial charge in [0, 0.05) is 34.2 Å². The third-order valence-corrected chi connectivity index (χ3v) is 3.13. The van der Waals surface area contributed by atoms with Crippen LogP contribution in [0.3, 0.4) is 0 Å². The molecule has 24 heavy (non-hydrogen) atoms. The summed E-state index contributed by atoms with van der Waals surface area (Å²) < 4.78 is 20.9. The highest BCUT2D eigenvalue weighted by Gasteiger charge is 2.51. The van der Waals surface area contributed by atoms with E-state index in [1.165, 1.54) is 13.8 Å². The van der Waals surface area contributed by atoms with Crippen LogP contribution in [0, 0.1) is 0 Å². The summed E-state index contributed by atoms with van der Waals surface area (Å²) in [6.45, 7) is 4.61. The molecule has 10 heteroatoms. The number of hydrogen-bond donors (Lipinski definition) is 2. The van der Waals surface area contributed by atoms with Gasteiger partial charge in [0.15, 0.2) is 12.2 Å². The van der Waals surface area contributed by atoms with Crippen LogP contribution in [0.2, 0.25) is 0 Å². The lowest BCUT2D eigenvalue weighted by Gasteiger charge is -2.44. The van der Waals surface area contributed by atoms with Crippen LogP contribution >= 0.6 is 0 Å². The molecule has 136 valence electrons. The Morgan fingerprint density at radius 1 is 0.917 bits per heavy atom. The van der Waals surface area contributed by atoms with Crippen LogP contribution in [0.5, 0.6) is 0 Å². The topological polar surface area (TPSA) is 143 Å². The summed E-state index contributed by atoms with van der Waals surface area (Å²) in [7, 11) is 0. The zero-order valence-corrected chi connectivity index (χ0v) is 13.9. The van der Waals surface area contributed by atoms with Gasteiger partial charge in [-0.3, -0.25) is 19.2 Å². The minimum atomic E-state index is -1.25. The van der Waals surface area contributed by atoms with Crippen LogP contribution < -0.4 is 11.1 Å². The zero-order chi connectivity index (χ0) is 18.4. The van der Waals surface area contributed by atoms with E-state index in [2.05, 4.69) is 5.32 Å². The summed E-state index contributed by atoms with van der Waals surface area (Å²) in [6.07, 6.45) is -4.36. The molecule has 0 aromatic rings. The molecule has 0 aliphatic carbocycles. The summed E-state index contributed by atoms with van der Waals surface area (Å²) in [5.74, 6) is -2.47. The number of esters is 3. The average Bonchev–Trinajstić information content (AvgIpc) is 2.42. The number of ether oxygens (including phenoxy) is 4. The number of rotatable bonds is 5. The van der Waals surface area contributed by atoms with E-state index < -0.39 is 54.5 Å². The van der Waals surface area contributed by atoms with Gasteiger partial charge in [-0.25, -0.2) is 0 Å². The Kier molecular flexibility index (Phi) is 7.11.